The fourth-order valence-corrected chi connectivity index (χ4v) is 3.06. The Morgan fingerprint density at radius 2 is 2.21 bits per heavy atom. The van der Waals surface area contributed by atoms with Gasteiger partial charge in [-0.3, -0.25) is 14.2 Å². The first-order valence-electron chi connectivity index (χ1n) is 8.72. The van der Waals surface area contributed by atoms with Crippen LogP contribution >= 0.6 is 0 Å². The predicted molar refractivity (Wildman–Crippen MR) is 96.9 cm³/mol. The minimum Gasteiger partial charge on any atom is -0.457 e. The van der Waals surface area contributed by atoms with Crippen molar-refractivity contribution in [3.8, 4) is 0 Å². The number of imidazole rings is 1. The van der Waals surface area contributed by atoms with Gasteiger partial charge in [0.15, 0.2) is 18.0 Å². The fourth-order valence-electron chi connectivity index (χ4n) is 3.06. The SMILES string of the molecule is C=CCn1c(=O)n([C@@H]2O[C@@H](OC(=O)CC)C[C@H]2OC(C)=O)c2nc(N)ncc21. The molecule has 3 heterocycles. The van der Waals surface area contributed by atoms with Crippen LogP contribution in [0.1, 0.15) is 32.9 Å². The number of rotatable bonds is 6. The van der Waals surface area contributed by atoms with Gasteiger partial charge < -0.3 is 19.9 Å². The zero-order valence-corrected chi connectivity index (χ0v) is 15.5. The maximum absolute atomic E-state index is 13.0. The third kappa shape index (κ3) is 3.60. The maximum Gasteiger partial charge on any atom is 0.332 e. The molecular formula is C17H21N5O6. The molecule has 2 aromatic rings. The molecule has 3 rings (SSSR count). The third-order valence-corrected chi connectivity index (χ3v) is 4.19. The number of nitrogens with zero attached hydrogens (tertiary/aromatic N) is 4. The number of nitrogens with two attached hydrogens (primary N) is 1. The molecule has 1 aliphatic rings. The number of nitrogen functional groups attached to an aromatic ring is 1. The molecule has 0 unspecified atom stereocenters. The molecular weight excluding hydrogens is 370 g/mol. The van der Waals surface area contributed by atoms with Crippen molar-refractivity contribution in [3.05, 3.63) is 29.3 Å². The lowest BCUT2D eigenvalue weighted by atomic mass is 10.2. The molecule has 1 fully saturated rings. The van der Waals surface area contributed by atoms with Crippen LogP contribution in [0.3, 0.4) is 0 Å². The lowest BCUT2D eigenvalue weighted by molar-refractivity contribution is -0.183. The molecule has 2 N–H and O–H groups in total. The Morgan fingerprint density at radius 1 is 1.46 bits per heavy atom. The zero-order chi connectivity index (χ0) is 20.4. The van der Waals surface area contributed by atoms with E-state index in [-0.39, 0.29) is 31.0 Å². The number of carbonyl (C=O) groups is 2. The molecule has 0 aromatic carbocycles. The molecule has 0 bridgehead atoms. The van der Waals surface area contributed by atoms with Gasteiger partial charge in [0.05, 0.1) is 12.6 Å². The van der Waals surface area contributed by atoms with Crippen molar-refractivity contribution in [2.75, 3.05) is 5.73 Å². The van der Waals surface area contributed by atoms with E-state index >= 15 is 0 Å². The summed E-state index contributed by atoms with van der Waals surface area (Å²) in [7, 11) is 0. The van der Waals surface area contributed by atoms with Crippen LogP contribution in [0.2, 0.25) is 0 Å². The van der Waals surface area contributed by atoms with Gasteiger partial charge in [0, 0.05) is 19.9 Å². The Kier molecular flexibility index (Phi) is 5.45. The van der Waals surface area contributed by atoms with E-state index in [2.05, 4.69) is 16.5 Å². The van der Waals surface area contributed by atoms with E-state index < -0.39 is 36.3 Å². The van der Waals surface area contributed by atoms with Crippen molar-refractivity contribution < 1.29 is 23.8 Å². The largest absolute Gasteiger partial charge is 0.457 e. The van der Waals surface area contributed by atoms with Crippen molar-refractivity contribution in [1.82, 2.24) is 19.1 Å². The molecule has 11 nitrogen and oxygen atoms in total. The Bertz CT molecular complexity index is 980. The van der Waals surface area contributed by atoms with Crippen LogP contribution in [-0.2, 0) is 30.3 Å². The van der Waals surface area contributed by atoms with Crippen molar-refractivity contribution in [1.29, 1.82) is 0 Å². The summed E-state index contributed by atoms with van der Waals surface area (Å²) in [6.07, 6.45) is 0.335. The number of ether oxygens (including phenoxy) is 3. The molecule has 1 aliphatic heterocycles. The first-order chi connectivity index (χ1) is 13.3. The number of allylic oxidation sites excluding steroid dienone is 1. The second-order valence-corrected chi connectivity index (χ2v) is 6.17. The number of hydrogen-bond donors (Lipinski definition) is 1. The van der Waals surface area contributed by atoms with Gasteiger partial charge in [-0.1, -0.05) is 13.0 Å². The Hall–Kier alpha value is -3.21. The van der Waals surface area contributed by atoms with Gasteiger partial charge in [-0.15, -0.1) is 6.58 Å². The number of fused-ring (bicyclic) bond motifs is 1. The zero-order valence-electron chi connectivity index (χ0n) is 15.5. The first kappa shape index (κ1) is 19.5. The average molecular weight is 391 g/mol. The van der Waals surface area contributed by atoms with Crippen LogP contribution in [0.5, 0.6) is 0 Å². The van der Waals surface area contributed by atoms with Gasteiger partial charge in [0.2, 0.25) is 12.2 Å². The summed E-state index contributed by atoms with van der Waals surface area (Å²) in [5, 5.41) is 0. The van der Waals surface area contributed by atoms with Crippen molar-refractivity contribution in [2.45, 2.75) is 51.9 Å². The van der Waals surface area contributed by atoms with E-state index in [1.807, 2.05) is 0 Å². The molecule has 3 atom stereocenters. The topological polar surface area (TPSA) is 141 Å². The summed E-state index contributed by atoms with van der Waals surface area (Å²) in [5.41, 5.74) is 5.84. The number of carbonyl (C=O) groups excluding carboxylic acids is 2. The molecule has 0 spiro atoms. The van der Waals surface area contributed by atoms with E-state index in [0.29, 0.717) is 5.52 Å². The van der Waals surface area contributed by atoms with Gasteiger partial charge in [0.1, 0.15) is 5.52 Å². The van der Waals surface area contributed by atoms with Gasteiger partial charge in [-0.05, 0) is 0 Å². The molecule has 1 saturated heterocycles. The molecule has 0 saturated carbocycles. The van der Waals surface area contributed by atoms with Gasteiger partial charge >= 0.3 is 17.6 Å². The van der Waals surface area contributed by atoms with Gasteiger partial charge in [0.25, 0.3) is 0 Å². The lowest BCUT2D eigenvalue weighted by Crippen LogP contribution is -2.33. The Morgan fingerprint density at radius 3 is 2.86 bits per heavy atom. The molecule has 28 heavy (non-hydrogen) atoms. The minimum atomic E-state index is -1.05. The number of aromatic nitrogens is 4. The van der Waals surface area contributed by atoms with E-state index in [4.69, 9.17) is 19.9 Å². The van der Waals surface area contributed by atoms with Crippen molar-refractivity contribution >= 4 is 29.1 Å². The molecule has 11 heteroatoms. The summed E-state index contributed by atoms with van der Waals surface area (Å²) in [6.45, 7) is 6.73. The standard InChI is InChI=1S/C17H21N5O6/c1-4-6-21-10-8-19-16(18)20-14(10)22(17(21)25)15-11(26-9(3)23)7-13(28-15)27-12(24)5-2/h4,8,11,13,15H,1,5-7H2,2-3H3,(H2,18,19,20)/t11-,13-,15-/m1/s1. The normalized spacial score (nSPS) is 21.6. The lowest BCUT2D eigenvalue weighted by Gasteiger charge is -2.18. The maximum atomic E-state index is 13.0. The summed E-state index contributed by atoms with van der Waals surface area (Å²) in [6, 6.07) is 0. The second kappa shape index (κ2) is 7.80. The second-order valence-electron chi connectivity index (χ2n) is 6.17. The Labute approximate surface area is 159 Å². The number of esters is 2. The molecule has 150 valence electrons. The fraction of sp³-hybridized carbons (Fsp3) is 0.471. The third-order valence-electron chi connectivity index (χ3n) is 4.19. The summed E-state index contributed by atoms with van der Waals surface area (Å²) in [5.74, 6) is -1.06. The van der Waals surface area contributed by atoms with E-state index in [0.717, 1.165) is 0 Å². The monoisotopic (exact) mass is 391 g/mol. The predicted octanol–water partition coefficient (Wildman–Crippen LogP) is 0.491. The van der Waals surface area contributed by atoms with Crippen LogP contribution < -0.4 is 11.4 Å². The first-order valence-corrected chi connectivity index (χ1v) is 8.72. The highest BCUT2D eigenvalue weighted by atomic mass is 16.7. The highest BCUT2D eigenvalue weighted by Crippen LogP contribution is 2.33. The van der Waals surface area contributed by atoms with E-state index in [1.165, 1.54) is 22.3 Å². The smallest absolute Gasteiger partial charge is 0.332 e. The molecule has 0 radical (unpaired) electrons. The van der Waals surface area contributed by atoms with Crippen LogP contribution in [0.4, 0.5) is 5.95 Å². The Balaban J connectivity index is 2.09. The van der Waals surface area contributed by atoms with Gasteiger partial charge in [-0.25, -0.2) is 14.3 Å². The molecule has 0 amide bonds. The highest BCUT2D eigenvalue weighted by molar-refractivity contribution is 5.72. The van der Waals surface area contributed by atoms with Crippen molar-refractivity contribution in [2.24, 2.45) is 0 Å². The molecule has 2 aromatic heterocycles. The summed E-state index contributed by atoms with van der Waals surface area (Å²) >= 11 is 0. The minimum absolute atomic E-state index is 0.0343. The molecule has 0 aliphatic carbocycles. The highest BCUT2D eigenvalue weighted by Gasteiger charge is 2.43. The van der Waals surface area contributed by atoms with E-state index in [9.17, 15) is 14.4 Å². The quantitative estimate of drug-likeness (QED) is 0.550. The average Bonchev–Trinajstić information content (AvgIpc) is 3.12. The number of anilines is 1. The van der Waals surface area contributed by atoms with E-state index in [1.54, 1.807) is 13.0 Å². The van der Waals surface area contributed by atoms with Crippen LogP contribution in [0, 0.1) is 0 Å². The summed E-state index contributed by atoms with van der Waals surface area (Å²) < 4.78 is 18.9. The van der Waals surface area contributed by atoms with Crippen LogP contribution in [0.25, 0.3) is 11.2 Å². The summed E-state index contributed by atoms with van der Waals surface area (Å²) in [4.78, 5) is 44.3. The van der Waals surface area contributed by atoms with Crippen LogP contribution in [0.15, 0.2) is 23.6 Å². The van der Waals surface area contributed by atoms with Crippen molar-refractivity contribution in [3.63, 3.8) is 0 Å². The van der Waals surface area contributed by atoms with Crippen LogP contribution in [-0.4, -0.2) is 43.4 Å². The van der Waals surface area contributed by atoms with Gasteiger partial charge in [-0.2, -0.15) is 4.98 Å². The number of hydrogen-bond acceptors (Lipinski definition) is 9.